The number of aromatic hydroxyl groups is 2. The number of hydrogen-bond donors (Lipinski definition) is 3. The first kappa shape index (κ1) is 15.1. The van der Waals surface area contributed by atoms with E-state index in [0.29, 0.717) is 24.1 Å². The van der Waals surface area contributed by atoms with Crippen LogP contribution in [-0.4, -0.2) is 44.6 Å². The maximum absolute atomic E-state index is 12.3. The predicted octanol–water partition coefficient (Wildman–Crippen LogP) is 0.858. The molecule has 1 aromatic carbocycles. The largest absolute Gasteiger partial charge is 0.504 e. The fraction of sp³-hybridized carbons (Fsp3) is 0.250. The molecule has 0 amide bonds. The van der Waals surface area contributed by atoms with E-state index < -0.39 is 6.04 Å². The number of nitrogens with one attached hydrogen (secondary N) is 1. The molecule has 1 unspecified atom stereocenters. The fourth-order valence-corrected chi connectivity index (χ4v) is 2.60. The summed E-state index contributed by atoms with van der Waals surface area (Å²) in [6.45, 7) is 0.460. The number of aromatic nitrogens is 2. The number of carbonyl (C=O) groups excluding carboxylic acids is 2. The molecule has 1 atom stereocenters. The Bertz CT molecular complexity index is 776. The quantitative estimate of drug-likeness (QED) is 0.717. The lowest BCUT2D eigenvalue weighted by Crippen LogP contribution is -2.43. The Morgan fingerprint density at radius 3 is 2.57 bits per heavy atom. The first-order chi connectivity index (χ1) is 11.1. The first-order valence-corrected chi connectivity index (χ1v) is 7.18. The molecule has 3 rings (SSSR count). The molecule has 1 aliphatic rings. The monoisotopic (exact) mass is 313 g/mol. The van der Waals surface area contributed by atoms with Crippen molar-refractivity contribution in [1.82, 2.24) is 15.5 Å². The van der Waals surface area contributed by atoms with Crippen LogP contribution in [0.25, 0.3) is 0 Å². The van der Waals surface area contributed by atoms with Gasteiger partial charge < -0.3 is 15.5 Å². The van der Waals surface area contributed by atoms with Gasteiger partial charge in [0.1, 0.15) is 0 Å². The van der Waals surface area contributed by atoms with Crippen molar-refractivity contribution < 1.29 is 19.8 Å². The van der Waals surface area contributed by atoms with Gasteiger partial charge >= 0.3 is 0 Å². The van der Waals surface area contributed by atoms with E-state index in [9.17, 15) is 19.8 Å². The van der Waals surface area contributed by atoms with Gasteiger partial charge in [-0.05, 0) is 30.7 Å². The summed E-state index contributed by atoms with van der Waals surface area (Å²) in [6, 6.07) is 3.99. The van der Waals surface area contributed by atoms with E-state index in [1.165, 1.54) is 24.5 Å². The molecule has 0 bridgehead atoms. The topological polar surface area (TPSA) is 112 Å². The van der Waals surface area contributed by atoms with Crippen LogP contribution in [0.1, 0.15) is 32.7 Å². The predicted molar refractivity (Wildman–Crippen MR) is 80.6 cm³/mol. The summed E-state index contributed by atoms with van der Waals surface area (Å²) in [6.07, 6.45) is 3.29. The minimum Gasteiger partial charge on any atom is -0.504 e. The second-order valence-corrected chi connectivity index (χ2v) is 5.39. The summed E-state index contributed by atoms with van der Waals surface area (Å²) in [5.41, 5.74) is 1.44. The molecular weight excluding hydrogens is 298 g/mol. The van der Waals surface area contributed by atoms with Crippen LogP contribution in [0.2, 0.25) is 0 Å². The van der Waals surface area contributed by atoms with Crippen molar-refractivity contribution >= 4 is 11.6 Å². The Morgan fingerprint density at radius 2 is 1.83 bits per heavy atom. The first-order valence-electron chi connectivity index (χ1n) is 7.18. The molecule has 0 saturated carbocycles. The maximum Gasteiger partial charge on any atom is 0.182 e. The average molecular weight is 313 g/mol. The molecule has 0 spiro atoms. The third kappa shape index (κ3) is 3.04. The van der Waals surface area contributed by atoms with E-state index in [1.54, 1.807) is 6.07 Å². The summed E-state index contributed by atoms with van der Waals surface area (Å²) in [4.78, 5) is 24.4. The number of benzene rings is 1. The highest BCUT2D eigenvalue weighted by Gasteiger charge is 2.32. The number of rotatable bonds is 4. The van der Waals surface area contributed by atoms with Gasteiger partial charge in [0.05, 0.1) is 29.6 Å². The van der Waals surface area contributed by atoms with Crippen molar-refractivity contribution in [3.63, 3.8) is 0 Å². The molecular formula is C16H15N3O4. The van der Waals surface area contributed by atoms with Crippen molar-refractivity contribution in [3.05, 3.63) is 47.3 Å². The lowest BCUT2D eigenvalue weighted by molar-refractivity contribution is 0.0848. The Kier molecular flexibility index (Phi) is 4.03. The van der Waals surface area contributed by atoms with Gasteiger partial charge in [0, 0.05) is 6.42 Å². The lowest BCUT2D eigenvalue weighted by Gasteiger charge is -2.22. The van der Waals surface area contributed by atoms with Crippen molar-refractivity contribution in [2.24, 2.45) is 0 Å². The van der Waals surface area contributed by atoms with E-state index >= 15 is 0 Å². The molecule has 7 nitrogen and oxygen atoms in total. The summed E-state index contributed by atoms with van der Waals surface area (Å²) in [5.74, 6) is -0.649. The molecule has 0 saturated heterocycles. The number of phenolic OH excluding ortho intramolecular Hbond substituents is 2. The van der Waals surface area contributed by atoms with Gasteiger partial charge in [0.15, 0.2) is 23.1 Å². The highest BCUT2D eigenvalue weighted by molar-refractivity contribution is 6.16. The zero-order valence-corrected chi connectivity index (χ0v) is 12.2. The van der Waals surface area contributed by atoms with E-state index in [-0.39, 0.29) is 29.5 Å². The Labute approximate surface area is 132 Å². The molecule has 0 aliphatic heterocycles. The van der Waals surface area contributed by atoms with Crippen molar-refractivity contribution in [3.8, 4) is 11.5 Å². The van der Waals surface area contributed by atoms with E-state index in [2.05, 4.69) is 15.5 Å². The van der Waals surface area contributed by atoms with Gasteiger partial charge in [-0.1, -0.05) is 6.07 Å². The third-order valence-corrected chi connectivity index (χ3v) is 3.85. The van der Waals surface area contributed by atoms with Crippen LogP contribution in [0.4, 0.5) is 0 Å². The van der Waals surface area contributed by atoms with Gasteiger partial charge in [-0.25, -0.2) is 0 Å². The number of Topliss-reactive ketones (excluding diaryl/α,β-unsaturated/α-hetero) is 2. The number of carbonyl (C=O) groups is 2. The number of fused-ring (bicyclic) bond motifs is 1. The van der Waals surface area contributed by atoms with Gasteiger partial charge in [-0.2, -0.15) is 10.2 Å². The highest BCUT2D eigenvalue weighted by Crippen LogP contribution is 2.25. The molecule has 0 fully saturated rings. The van der Waals surface area contributed by atoms with E-state index in [0.717, 1.165) is 5.56 Å². The SMILES string of the molecule is O=C1CC(NCCc2ccc(O)c(O)c2)C(=O)c2cnncc21. The van der Waals surface area contributed by atoms with Gasteiger partial charge in [-0.3, -0.25) is 9.59 Å². The van der Waals surface area contributed by atoms with Crippen molar-refractivity contribution in [2.45, 2.75) is 18.9 Å². The van der Waals surface area contributed by atoms with E-state index in [1.807, 2.05) is 0 Å². The lowest BCUT2D eigenvalue weighted by atomic mass is 9.88. The minimum absolute atomic E-state index is 0.0956. The summed E-state index contributed by atoms with van der Waals surface area (Å²) in [7, 11) is 0. The molecule has 23 heavy (non-hydrogen) atoms. The Hall–Kier alpha value is -2.80. The highest BCUT2D eigenvalue weighted by atomic mass is 16.3. The fourth-order valence-electron chi connectivity index (χ4n) is 2.60. The molecule has 1 aromatic heterocycles. The zero-order valence-electron chi connectivity index (χ0n) is 12.2. The number of hydrogen-bond acceptors (Lipinski definition) is 7. The third-order valence-electron chi connectivity index (χ3n) is 3.85. The Morgan fingerprint density at radius 1 is 1.09 bits per heavy atom. The van der Waals surface area contributed by atoms with Crippen LogP contribution in [0.3, 0.4) is 0 Å². The van der Waals surface area contributed by atoms with Crippen LogP contribution >= 0.6 is 0 Å². The van der Waals surface area contributed by atoms with Crippen LogP contribution < -0.4 is 5.32 Å². The van der Waals surface area contributed by atoms with Crippen LogP contribution in [0.5, 0.6) is 11.5 Å². The van der Waals surface area contributed by atoms with Crippen molar-refractivity contribution in [2.75, 3.05) is 6.54 Å². The second-order valence-electron chi connectivity index (χ2n) is 5.39. The molecule has 3 N–H and O–H groups in total. The molecule has 7 heteroatoms. The number of nitrogens with zero attached hydrogens (tertiary/aromatic N) is 2. The zero-order chi connectivity index (χ0) is 16.4. The van der Waals surface area contributed by atoms with E-state index in [4.69, 9.17) is 0 Å². The van der Waals surface area contributed by atoms with Gasteiger partial charge in [-0.15, -0.1) is 0 Å². The number of phenols is 2. The minimum atomic E-state index is -0.579. The normalized spacial score (nSPS) is 17.1. The van der Waals surface area contributed by atoms with Gasteiger partial charge in [0.25, 0.3) is 0 Å². The van der Waals surface area contributed by atoms with Crippen LogP contribution in [-0.2, 0) is 6.42 Å². The standard InChI is InChI=1S/C16H15N3O4/c20-13-2-1-9(5-15(13)22)3-4-17-12-6-14(21)10-7-18-19-8-11(10)16(12)23/h1-2,5,7-8,12,17,20,22H,3-4,6H2. The average Bonchev–Trinajstić information content (AvgIpc) is 2.55. The molecule has 118 valence electrons. The Balaban J connectivity index is 1.64. The smallest absolute Gasteiger partial charge is 0.182 e. The summed E-state index contributed by atoms with van der Waals surface area (Å²) < 4.78 is 0. The molecule has 1 heterocycles. The second kappa shape index (κ2) is 6.13. The maximum atomic E-state index is 12.3. The number of ketones is 2. The summed E-state index contributed by atoms with van der Waals surface area (Å²) >= 11 is 0. The van der Waals surface area contributed by atoms with Gasteiger partial charge in [0.2, 0.25) is 0 Å². The van der Waals surface area contributed by atoms with Crippen LogP contribution in [0.15, 0.2) is 30.6 Å². The van der Waals surface area contributed by atoms with Crippen LogP contribution in [0, 0.1) is 0 Å². The molecule has 2 aromatic rings. The summed E-state index contributed by atoms with van der Waals surface area (Å²) in [5, 5.41) is 29.1. The van der Waals surface area contributed by atoms with Crippen molar-refractivity contribution in [1.29, 1.82) is 0 Å². The molecule has 1 aliphatic carbocycles. The molecule has 0 radical (unpaired) electrons.